The average Bonchev–Trinajstić information content (AvgIpc) is 3.40. The van der Waals surface area contributed by atoms with Crippen LogP contribution in [0.4, 0.5) is 5.69 Å². The van der Waals surface area contributed by atoms with E-state index in [1.807, 2.05) is 25.1 Å². The Kier molecular flexibility index (Phi) is 7.48. The van der Waals surface area contributed by atoms with E-state index < -0.39 is 70.1 Å². The fraction of sp³-hybridized carbons (Fsp3) is 0.645. The van der Waals surface area contributed by atoms with E-state index in [4.69, 9.17) is 15.2 Å². The van der Waals surface area contributed by atoms with E-state index in [9.17, 15) is 34.2 Å². The standard InChI is InChI=1S/C31H40N4O9/c1-33(2)19-13-16(14-35-7-5-30(6-8-35)43-9-10-44-30)24(36)21-17(19)11-15-12-18-23(34(3)4)26(38)22(29(32)41)28(40)31(18,42)27(39)20(15)25(21)37/h13,15,18,20,22-23,36,42H,5-12,14H2,1-4H3,(H2,32,41)/t15-,18-,20?,22?,23-,31-/m0/s1. The summed E-state index contributed by atoms with van der Waals surface area (Å²) in [5, 5.41) is 23.4. The third-order valence-corrected chi connectivity index (χ3v) is 10.4. The number of Topliss-reactive ketones (excluding diaryl/α,β-unsaturated/α-hetero) is 4. The van der Waals surface area contributed by atoms with E-state index >= 15 is 0 Å². The largest absolute Gasteiger partial charge is 0.507 e. The van der Waals surface area contributed by atoms with Gasteiger partial charge >= 0.3 is 0 Å². The maximum Gasteiger partial charge on any atom is 0.235 e. The first-order chi connectivity index (χ1) is 20.7. The van der Waals surface area contributed by atoms with Crippen LogP contribution in [0.3, 0.4) is 0 Å². The van der Waals surface area contributed by atoms with Crippen molar-refractivity contribution in [2.75, 3.05) is 59.4 Å². The molecule has 0 aromatic heterocycles. The molecule has 5 aliphatic rings. The molecular formula is C31H40N4O9. The zero-order valence-corrected chi connectivity index (χ0v) is 25.5. The first-order valence-corrected chi connectivity index (χ1v) is 15.1. The summed E-state index contributed by atoms with van der Waals surface area (Å²) in [6.07, 6.45) is 1.58. The molecule has 2 aliphatic heterocycles. The zero-order valence-electron chi connectivity index (χ0n) is 25.5. The lowest BCUT2D eigenvalue weighted by Gasteiger charge is -2.52. The van der Waals surface area contributed by atoms with Crippen molar-refractivity contribution in [3.63, 3.8) is 0 Å². The molecule has 3 aliphatic carbocycles. The molecule has 4 N–H and O–H groups in total. The van der Waals surface area contributed by atoms with Gasteiger partial charge in [0, 0.05) is 63.7 Å². The minimum atomic E-state index is -2.75. The monoisotopic (exact) mass is 612 g/mol. The van der Waals surface area contributed by atoms with Crippen LogP contribution < -0.4 is 10.6 Å². The molecule has 0 bridgehead atoms. The number of hydrogen-bond acceptors (Lipinski definition) is 12. The Balaban J connectivity index is 1.37. The average molecular weight is 613 g/mol. The fourth-order valence-electron chi connectivity index (χ4n) is 8.30. The molecule has 1 aromatic rings. The summed E-state index contributed by atoms with van der Waals surface area (Å²) in [6.45, 7) is 2.81. The number of aliphatic hydroxyl groups is 1. The Morgan fingerprint density at radius 1 is 1.07 bits per heavy atom. The molecule has 44 heavy (non-hydrogen) atoms. The van der Waals surface area contributed by atoms with Crippen LogP contribution in [-0.2, 0) is 41.6 Å². The SMILES string of the molecule is CN(C)c1cc(CN2CCC3(CC2)OCCO3)c(O)c2c1C[C@H]1C[C@H]3[C@H](N(C)C)C(=O)C(C(N)=O)C(=O)[C@@]3(O)C(=O)C1C2=O. The molecule has 2 heterocycles. The van der Waals surface area contributed by atoms with Crippen LogP contribution >= 0.6 is 0 Å². The number of primary amides is 1. The Bertz CT molecular complexity index is 1440. The highest BCUT2D eigenvalue weighted by Crippen LogP contribution is 2.52. The van der Waals surface area contributed by atoms with E-state index in [1.165, 1.54) is 4.90 Å². The molecule has 4 fully saturated rings. The number of phenols is 1. The molecule has 238 valence electrons. The summed E-state index contributed by atoms with van der Waals surface area (Å²) in [6, 6.07) is 0.730. The van der Waals surface area contributed by atoms with Gasteiger partial charge in [-0.3, -0.25) is 33.8 Å². The number of likely N-dealkylation sites (tertiary alicyclic amines) is 1. The van der Waals surface area contributed by atoms with Gasteiger partial charge in [-0.05, 0) is 44.5 Å². The summed E-state index contributed by atoms with van der Waals surface area (Å²) in [5.41, 5.74) is 4.48. The van der Waals surface area contributed by atoms with Gasteiger partial charge in [0.15, 0.2) is 40.4 Å². The molecule has 2 saturated heterocycles. The molecule has 0 radical (unpaired) electrons. The van der Waals surface area contributed by atoms with Gasteiger partial charge in [-0.1, -0.05) is 0 Å². The predicted octanol–water partition coefficient (Wildman–Crippen LogP) is -0.728. The summed E-state index contributed by atoms with van der Waals surface area (Å²) < 4.78 is 11.7. The van der Waals surface area contributed by atoms with Crippen LogP contribution in [0.2, 0.25) is 0 Å². The third kappa shape index (κ3) is 4.43. The number of ketones is 4. The van der Waals surface area contributed by atoms with Crippen LogP contribution in [0.5, 0.6) is 5.75 Å². The highest BCUT2D eigenvalue weighted by atomic mass is 16.7. The topological polar surface area (TPSA) is 180 Å². The number of anilines is 1. The number of nitrogens with zero attached hydrogens (tertiary/aromatic N) is 3. The van der Waals surface area contributed by atoms with Crippen LogP contribution in [0.15, 0.2) is 6.07 Å². The van der Waals surface area contributed by atoms with Crippen molar-refractivity contribution >= 4 is 34.7 Å². The number of piperidine rings is 1. The molecule has 6 atom stereocenters. The Hall–Kier alpha value is -3.23. The maximum atomic E-state index is 14.3. The number of carbonyl (C=O) groups is 5. The highest BCUT2D eigenvalue weighted by Gasteiger charge is 2.69. The van der Waals surface area contributed by atoms with Crippen molar-refractivity contribution in [1.29, 1.82) is 0 Å². The fourth-order valence-corrected chi connectivity index (χ4v) is 8.30. The number of likely N-dealkylation sites (N-methyl/N-ethyl adjacent to an activating group) is 1. The normalized spacial score (nSPS) is 33.4. The minimum Gasteiger partial charge on any atom is -0.507 e. The number of fused-ring (bicyclic) bond motifs is 3. The van der Waals surface area contributed by atoms with Crippen molar-refractivity contribution in [1.82, 2.24) is 9.80 Å². The third-order valence-electron chi connectivity index (χ3n) is 10.4. The van der Waals surface area contributed by atoms with Gasteiger partial charge in [0.2, 0.25) is 5.91 Å². The highest BCUT2D eigenvalue weighted by molar-refractivity contribution is 6.32. The second-order valence-electron chi connectivity index (χ2n) is 13.3. The number of benzene rings is 1. The second-order valence-corrected chi connectivity index (χ2v) is 13.3. The van der Waals surface area contributed by atoms with Crippen molar-refractivity contribution in [3.05, 3.63) is 22.8 Å². The first kappa shape index (κ1) is 30.8. The van der Waals surface area contributed by atoms with Gasteiger partial charge in [-0.15, -0.1) is 0 Å². The van der Waals surface area contributed by atoms with E-state index in [-0.39, 0.29) is 24.2 Å². The molecule has 13 heteroatoms. The lowest BCUT2D eigenvalue weighted by Crippen LogP contribution is -2.74. The summed E-state index contributed by atoms with van der Waals surface area (Å²) in [7, 11) is 6.80. The maximum absolute atomic E-state index is 14.3. The Labute approximate surface area is 255 Å². The van der Waals surface area contributed by atoms with Gasteiger partial charge in [0.1, 0.15) is 5.75 Å². The number of nitrogens with two attached hydrogens (primary N) is 1. The number of phenolic OH excluding ortho intramolecular Hbond substituents is 1. The van der Waals surface area contributed by atoms with Crippen molar-refractivity contribution in [2.45, 2.75) is 49.7 Å². The quantitative estimate of drug-likeness (QED) is 0.356. The van der Waals surface area contributed by atoms with E-state index in [1.54, 1.807) is 14.1 Å². The summed E-state index contributed by atoms with van der Waals surface area (Å²) in [4.78, 5) is 72.9. The smallest absolute Gasteiger partial charge is 0.235 e. The number of rotatable bonds is 5. The molecule has 6 rings (SSSR count). The van der Waals surface area contributed by atoms with Crippen LogP contribution in [0, 0.1) is 23.7 Å². The van der Waals surface area contributed by atoms with Gasteiger partial charge in [-0.2, -0.15) is 0 Å². The van der Waals surface area contributed by atoms with Crippen LogP contribution in [0.25, 0.3) is 0 Å². The Morgan fingerprint density at radius 3 is 2.27 bits per heavy atom. The number of amides is 1. The lowest BCUT2D eigenvalue weighted by atomic mass is 9.52. The molecule has 1 spiro atoms. The number of ether oxygens (including phenoxy) is 2. The van der Waals surface area contributed by atoms with Gasteiger partial charge < -0.3 is 30.3 Å². The molecule has 1 amide bonds. The summed E-state index contributed by atoms with van der Waals surface area (Å²) in [5.74, 6) is -11.0. The minimum absolute atomic E-state index is 0.00809. The van der Waals surface area contributed by atoms with Gasteiger partial charge in [-0.25, -0.2) is 0 Å². The second kappa shape index (κ2) is 10.7. The van der Waals surface area contributed by atoms with E-state index in [2.05, 4.69) is 4.90 Å². The first-order valence-electron chi connectivity index (χ1n) is 15.1. The van der Waals surface area contributed by atoms with Crippen molar-refractivity contribution in [2.24, 2.45) is 29.4 Å². The van der Waals surface area contributed by atoms with Crippen molar-refractivity contribution < 1.29 is 43.7 Å². The molecule has 2 unspecified atom stereocenters. The van der Waals surface area contributed by atoms with E-state index in [0.717, 1.165) is 5.69 Å². The number of carbonyl (C=O) groups excluding carboxylic acids is 5. The number of aromatic hydroxyl groups is 1. The van der Waals surface area contributed by atoms with Gasteiger partial charge in [0.25, 0.3) is 0 Å². The Morgan fingerprint density at radius 2 is 1.70 bits per heavy atom. The molecular weight excluding hydrogens is 572 g/mol. The van der Waals surface area contributed by atoms with Crippen molar-refractivity contribution in [3.8, 4) is 5.75 Å². The van der Waals surface area contributed by atoms with Crippen LogP contribution in [0.1, 0.15) is 40.7 Å². The van der Waals surface area contributed by atoms with Gasteiger partial charge in [0.05, 0.1) is 30.7 Å². The predicted molar refractivity (Wildman–Crippen MR) is 155 cm³/mol. The molecule has 1 aromatic carbocycles. The summed E-state index contributed by atoms with van der Waals surface area (Å²) >= 11 is 0. The van der Waals surface area contributed by atoms with Crippen LogP contribution in [-0.4, -0.2) is 121 Å². The number of hydrogen-bond donors (Lipinski definition) is 3. The zero-order chi connectivity index (χ0) is 31.9. The van der Waals surface area contributed by atoms with E-state index in [0.29, 0.717) is 56.8 Å². The molecule has 13 nitrogen and oxygen atoms in total. The lowest BCUT2D eigenvalue weighted by molar-refractivity contribution is -0.186. The molecule has 2 saturated carbocycles.